The Hall–Kier alpha value is -4.21. The van der Waals surface area contributed by atoms with Gasteiger partial charge in [-0.1, -0.05) is 63.7 Å². The maximum atomic E-state index is 14.2. The van der Waals surface area contributed by atoms with Crippen molar-refractivity contribution in [2.24, 2.45) is 4.99 Å². The number of esters is 1. The number of hydrogen-bond donors (Lipinski definition) is 0. The van der Waals surface area contributed by atoms with Gasteiger partial charge in [0.05, 0.1) is 29.5 Å². The van der Waals surface area contributed by atoms with Crippen molar-refractivity contribution < 1.29 is 18.7 Å². The first-order valence-corrected chi connectivity index (χ1v) is 15.0. The highest BCUT2D eigenvalue weighted by Crippen LogP contribution is 2.40. The number of thiazole rings is 1. The van der Waals surface area contributed by atoms with Gasteiger partial charge in [0, 0.05) is 21.7 Å². The van der Waals surface area contributed by atoms with E-state index in [0.717, 1.165) is 26.4 Å². The number of ether oxygens (including phenoxy) is 2. The van der Waals surface area contributed by atoms with Gasteiger partial charge >= 0.3 is 5.97 Å². The molecule has 1 aliphatic heterocycles. The van der Waals surface area contributed by atoms with Gasteiger partial charge in [0.15, 0.2) is 4.80 Å². The lowest BCUT2D eigenvalue weighted by Crippen LogP contribution is -2.40. The fourth-order valence-corrected chi connectivity index (χ4v) is 7.04. The van der Waals surface area contributed by atoms with Gasteiger partial charge in [0.1, 0.15) is 23.3 Å². The predicted octanol–water partition coefficient (Wildman–Crippen LogP) is 6.29. The van der Waals surface area contributed by atoms with Crippen LogP contribution in [-0.4, -0.2) is 24.3 Å². The van der Waals surface area contributed by atoms with Gasteiger partial charge in [-0.25, -0.2) is 9.79 Å². The molecule has 2 aromatic heterocycles. The van der Waals surface area contributed by atoms with Crippen molar-refractivity contribution >= 4 is 50.1 Å². The van der Waals surface area contributed by atoms with E-state index in [4.69, 9.17) is 18.9 Å². The van der Waals surface area contributed by atoms with Crippen LogP contribution in [0.5, 0.6) is 5.75 Å². The Kier molecular flexibility index (Phi) is 7.47. The standard InChI is InChI=1S/C33H27BrN2O5S/c1-5-40-32(38)28-19(3)35-33-36(30(28)29-22-9-7-6-8-20(22)11-14-26(29)39-4)31(37)27(42-33)17-21-12-15-25(41-21)23-13-10-18(2)16-24(23)34/h6-17,30H,5H2,1-4H3/b27-17-/t30-/m1/s1. The first kappa shape index (κ1) is 27.9. The van der Waals surface area contributed by atoms with Gasteiger partial charge in [0.2, 0.25) is 0 Å². The molecule has 0 radical (unpaired) electrons. The number of nitrogens with zero attached hydrogens (tertiary/aromatic N) is 2. The summed E-state index contributed by atoms with van der Waals surface area (Å²) in [6, 6.07) is 20.6. The molecule has 7 nitrogen and oxygen atoms in total. The number of allylic oxidation sites excluding steroid dienone is 1. The van der Waals surface area contributed by atoms with Gasteiger partial charge in [-0.3, -0.25) is 9.36 Å². The average Bonchev–Trinajstić information content (AvgIpc) is 3.55. The van der Waals surface area contributed by atoms with Crippen LogP contribution in [-0.2, 0) is 9.53 Å². The summed E-state index contributed by atoms with van der Waals surface area (Å²) in [5, 5.41) is 1.82. The molecule has 0 amide bonds. The first-order valence-electron chi connectivity index (χ1n) is 13.4. The third-order valence-corrected chi connectivity index (χ3v) is 8.87. The second-order valence-electron chi connectivity index (χ2n) is 9.89. The Morgan fingerprint density at radius 1 is 1.12 bits per heavy atom. The van der Waals surface area contributed by atoms with Gasteiger partial charge < -0.3 is 13.9 Å². The zero-order valence-electron chi connectivity index (χ0n) is 23.4. The largest absolute Gasteiger partial charge is 0.496 e. The van der Waals surface area contributed by atoms with Crippen molar-refractivity contribution in [3.8, 4) is 17.1 Å². The number of aromatic nitrogens is 1. The maximum absolute atomic E-state index is 14.2. The summed E-state index contributed by atoms with van der Waals surface area (Å²) in [7, 11) is 1.58. The second-order valence-corrected chi connectivity index (χ2v) is 11.8. The zero-order valence-corrected chi connectivity index (χ0v) is 25.8. The molecule has 1 aliphatic rings. The van der Waals surface area contributed by atoms with Crippen molar-refractivity contribution in [3.63, 3.8) is 0 Å². The van der Waals surface area contributed by atoms with Crippen LogP contribution in [0.15, 0.2) is 96.7 Å². The fourth-order valence-electron chi connectivity index (χ4n) is 5.32. The second kappa shape index (κ2) is 11.2. The van der Waals surface area contributed by atoms with Gasteiger partial charge in [-0.05, 0) is 67.4 Å². The normalized spacial score (nSPS) is 15.1. The summed E-state index contributed by atoms with van der Waals surface area (Å²) in [6.07, 6.45) is 1.72. The minimum Gasteiger partial charge on any atom is -0.496 e. The van der Waals surface area contributed by atoms with Crippen LogP contribution in [0.2, 0.25) is 0 Å². The highest BCUT2D eigenvalue weighted by atomic mass is 79.9. The van der Waals surface area contributed by atoms with Crippen LogP contribution < -0.4 is 19.6 Å². The summed E-state index contributed by atoms with van der Waals surface area (Å²) < 4.78 is 20.3. The number of benzene rings is 3. The van der Waals surface area contributed by atoms with E-state index in [1.165, 1.54) is 11.3 Å². The molecule has 6 rings (SSSR count). The van der Waals surface area contributed by atoms with Gasteiger partial charge in [-0.15, -0.1) is 0 Å². The molecule has 3 aromatic carbocycles. The number of hydrogen-bond acceptors (Lipinski definition) is 7. The summed E-state index contributed by atoms with van der Waals surface area (Å²) in [5.41, 5.74) is 3.25. The van der Waals surface area contributed by atoms with Crippen molar-refractivity contribution in [2.45, 2.75) is 26.8 Å². The van der Waals surface area contributed by atoms with Crippen LogP contribution in [0.4, 0.5) is 0 Å². The topological polar surface area (TPSA) is 83.0 Å². The van der Waals surface area contributed by atoms with E-state index >= 15 is 0 Å². The Balaban J connectivity index is 1.56. The molecule has 0 spiro atoms. The quantitative estimate of drug-likeness (QED) is 0.203. The minimum absolute atomic E-state index is 0.192. The van der Waals surface area contributed by atoms with E-state index in [1.54, 1.807) is 31.6 Å². The van der Waals surface area contributed by atoms with E-state index in [-0.39, 0.29) is 12.2 Å². The molecular weight excluding hydrogens is 616 g/mol. The summed E-state index contributed by atoms with van der Waals surface area (Å²) in [6.45, 7) is 5.74. The maximum Gasteiger partial charge on any atom is 0.338 e. The number of rotatable bonds is 6. The molecular formula is C33H27BrN2O5S. The van der Waals surface area contributed by atoms with E-state index in [9.17, 15) is 9.59 Å². The predicted molar refractivity (Wildman–Crippen MR) is 167 cm³/mol. The zero-order chi connectivity index (χ0) is 29.5. The lowest BCUT2D eigenvalue weighted by molar-refractivity contribution is -0.139. The monoisotopic (exact) mass is 642 g/mol. The Bertz CT molecular complexity index is 2090. The number of carbonyl (C=O) groups is 1. The third-order valence-electron chi connectivity index (χ3n) is 7.23. The average molecular weight is 644 g/mol. The molecule has 0 saturated heterocycles. The Morgan fingerprint density at radius 2 is 1.93 bits per heavy atom. The van der Waals surface area contributed by atoms with E-state index in [2.05, 4.69) is 15.9 Å². The van der Waals surface area contributed by atoms with Gasteiger partial charge in [-0.2, -0.15) is 0 Å². The summed E-state index contributed by atoms with van der Waals surface area (Å²) in [5.74, 6) is 1.25. The molecule has 0 unspecified atom stereocenters. The summed E-state index contributed by atoms with van der Waals surface area (Å²) >= 11 is 4.86. The first-order chi connectivity index (χ1) is 20.3. The van der Waals surface area contributed by atoms with Crippen molar-refractivity contribution in [1.29, 1.82) is 0 Å². The smallest absolute Gasteiger partial charge is 0.338 e. The molecule has 3 heterocycles. The number of carbonyl (C=O) groups excluding carboxylic acids is 1. The van der Waals surface area contributed by atoms with Crippen molar-refractivity contribution in [3.05, 3.63) is 119 Å². The molecule has 0 fully saturated rings. The number of furan rings is 1. The number of halogens is 1. The van der Waals surface area contributed by atoms with Crippen molar-refractivity contribution in [2.75, 3.05) is 13.7 Å². The molecule has 0 saturated carbocycles. The van der Waals surface area contributed by atoms with Crippen molar-refractivity contribution in [1.82, 2.24) is 4.57 Å². The number of fused-ring (bicyclic) bond motifs is 2. The lowest BCUT2D eigenvalue weighted by Gasteiger charge is -2.27. The number of aryl methyl sites for hydroxylation is 1. The van der Waals surface area contributed by atoms with Crippen LogP contribution in [0.25, 0.3) is 28.2 Å². The molecule has 1 atom stereocenters. The number of methoxy groups -OCH3 is 1. The molecule has 42 heavy (non-hydrogen) atoms. The molecule has 212 valence electrons. The molecule has 0 bridgehead atoms. The van der Waals surface area contributed by atoms with Crippen LogP contribution in [0.3, 0.4) is 0 Å². The lowest BCUT2D eigenvalue weighted by atomic mass is 9.90. The highest BCUT2D eigenvalue weighted by Gasteiger charge is 2.36. The van der Waals surface area contributed by atoms with Crippen LogP contribution in [0.1, 0.15) is 36.8 Å². The van der Waals surface area contributed by atoms with E-state index in [1.807, 2.05) is 73.7 Å². The van der Waals surface area contributed by atoms with Crippen LogP contribution >= 0.6 is 27.3 Å². The van der Waals surface area contributed by atoms with Crippen LogP contribution in [0, 0.1) is 6.92 Å². The summed E-state index contributed by atoms with van der Waals surface area (Å²) in [4.78, 5) is 32.7. The Morgan fingerprint density at radius 3 is 2.69 bits per heavy atom. The SMILES string of the molecule is CCOC(=O)C1=C(C)N=c2s/c(=C\c3ccc(-c4ccc(C)cc4Br)o3)c(=O)n2[C@H]1c1c(OC)ccc2ccccc12. The third kappa shape index (κ3) is 4.82. The fraction of sp³-hybridized carbons (Fsp3) is 0.182. The van der Waals surface area contributed by atoms with E-state index < -0.39 is 12.0 Å². The Labute approximate surface area is 254 Å². The van der Waals surface area contributed by atoms with E-state index in [0.29, 0.717) is 43.4 Å². The molecule has 5 aromatic rings. The van der Waals surface area contributed by atoms with Gasteiger partial charge in [0.25, 0.3) is 5.56 Å². The highest BCUT2D eigenvalue weighted by molar-refractivity contribution is 9.10. The molecule has 0 N–H and O–H groups in total. The minimum atomic E-state index is -0.806. The molecule has 0 aliphatic carbocycles. The molecule has 9 heteroatoms.